The minimum Gasteiger partial charge on any atom is -0.370 e. The van der Waals surface area contributed by atoms with Gasteiger partial charge >= 0.3 is 0 Å². The standard InChI is InChI=1S/C19H28N2O4/c1-6-21(18(23)16-19(4,5)25-12-11-24-16)14(3)17(22)20-15-9-7-13(2)8-10-15/h7-10,14,16H,6,11-12H2,1-5H3,(H,20,22). The highest BCUT2D eigenvalue weighted by molar-refractivity contribution is 5.97. The molecule has 2 atom stereocenters. The van der Waals surface area contributed by atoms with Gasteiger partial charge in [-0.1, -0.05) is 17.7 Å². The normalized spacial score (nSPS) is 20.6. The van der Waals surface area contributed by atoms with Gasteiger partial charge in [-0.2, -0.15) is 0 Å². The topological polar surface area (TPSA) is 67.9 Å². The Hall–Kier alpha value is -1.92. The SMILES string of the molecule is CCN(C(=O)C1OCCOC1(C)C)C(C)C(=O)Nc1ccc(C)cc1. The van der Waals surface area contributed by atoms with E-state index in [1.165, 1.54) is 4.90 Å². The van der Waals surface area contributed by atoms with Crippen molar-refractivity contribution in [3.8, 4) is 0 Å². The van der Waals surface area contributed by atoms with Crippen LogP contribution in [0.15, 0.2) is 24.3 Å². The molecule has 0 radical (unpaired) electrons. The number of anilines is 1. The van der Waals surface area contributed by atoms with Crippen LogP contribution in [0.5, 0.6) is 0 Å². The fourth-order valence-electron chi connectivity index (χ4n) is 2.91. The first-order valence-electron chi connectivity index (χ1n) is 8.70. The van der Waals surface area contributed by atoms with Gasteiger partial charge in [0.1, 0.15) is 6.04 Å². The van der Waals surface area contributed by atoms with E-state index in [2.05, 4.69) is 5.32 Å². The zero-order chi connectivity index (χ0) is 18.6. The minimum atomic E-state index is -0.712. The predicted octanol–water partition coefficient (Wildman–Crippen LogP) is 2.36. The van der Waals surface area contributed by atoms with E-state index in [-0.39, 0.29) is 11.8 Å². The summed E-state index contributed by atoms with van der Waals surface area (Å²) in [7, 11) is 0. The van der Waals surface area contributed by atoms with Crippen molar-refractivity contribution < 1.29 is 19.1 Å². The zero-order valence-electron chi connectivity index (χ0n) is 15.7. The molecule has 2 amide bonds. The second-order valence-electron chi connectivity index (χ2n) is 6.86. The van der Waals surface area contributed by atoms with Crippen molar-refractivity contribution in [1.29, 1.82) is 0 Å². The van der Waals surface area contributed by atoms with Crippen LogP contribution in [0, 0.1) is 6.92 Å². The van der Waals surface area contributed by atoms with E-state index >= 15 is 0 Å². The summed E-state index contributed by atoms with van der Waals surface area (Å²) >= 11 is 0. The number of ether oxygens (including phenoxy) is 2. The number of nitrogens with one attached hydrogen (secondary N) is 1. The molecule has 0 spiro atoms. The number of likely N-dealkylation sites (N-methyl/N-ethyl adjacent to an activating group) is 1. The van der Waals surface area contributed by atoms with Crippen LogP contribution in [0.2, 0.25) is 0 Å². The molecule has 1 N–H and O–H groups in total. The van der Waals surface area contributed by atoms with Crippen molar-refractivity contribution in [2.24, 2.45) is 0 Å². The number of benzene rings is 1. The minimum absolute atomic E-state index is 0.223. The van der Waals surface area contributed by atoms with Gasteiger partial charge in [-0.25, -0.2) is 0 Å². The first kappa shape index (κ1) is 19.4. The highest BCUT2D eigenvalue weighted by atomic mass is 16.6. The predicted molar refractivity (Wildman–Crippen MR) is 96.4 cm³/mol. The summed E-state index contributed by atoms with van der Waals surface area (Å²) in [5, 5.41) is 2.86. The zero-order valence-corrected chi connectivity index (χ0v) is 15.7. The molecule has 2 unspecified atom stereocenters. The van der Waals surface area contributed by atoms with Crippen LogP contribution in [0.3, 0.4) is 0 Å². The Bertz CT molecular complexity index is 612. The molecule has 1 aliphatic rings. The van der Waals surface area contributed by atoms with Gasteiger partial charge in [0.15, 0.2) is 6.10 Å². The summed E-state index contributed by atoms with van der Waals surface area (Å²) in [6.07, 6.45) is -0.712. The third-order valence-corrected chi connectivity index (χ3v) is 4.49. The van der Waals surface area contributed by atoms with Crippen LogP contribution in [0.25, 0.3) is 0 Å². The maximum atomic E-state index is 12.9. The molecule has 0 aromatic heterocycles. The number of amides is 2. The molecular formula is C19H28N2O4. The molecule has 138 valence electrons. The van der Waals surface area contributed by atoms with Gasteiger partial charge in [-0.15, -0.1) is 0 Å². The fourth-order valence-corrected chi connectivity index (χ4v) is 2.91. The van der Waals surface area contributed by atoms with E-state index in [9.17, 15) is 9.59 Å². The molecule has 6 nitrogen and oxygen atoms in total. The molecule has 1 aromatic rings. The Kier molecular flexibility index (Phi) is 6.19. The van der Waals surface area contributed by atoms with Gasteiger partial charge in [-0.3, -0.25) is 9.59 Å². The molecular weight excluding hydrogens is 320 g/mol. The Balaban J connectivity index is 2.08. The summed E-state index contributed by atoms with van der Waals surface area (Å²) < 4.78 is 11.3. The number of rotatable bonds is 5. The molecule has 0 aliphatic carbocycles. The summed E-state index contributed by atoms with van der Waals surface area (Å²) in [6.45, 7) is 10.5. The van der Waals surface area contributed by atoms with Crippen molar-refractivity contribution in [1.82, 2.24) is 4.90 Å². The van der Waals surface area contributed by atoms with Crippen LogP contribution < -0.4 is 5.32 Å². The highest BCUT2D eigenvalue weighted by Crippen LogP contribution is 2.24. The van der Waals surface area contributed by atoms with E-state index in [1.807, 2.05) is 52.0 Å². The average molecular weight is 348 g/mol. The van der Waals surface area contributed by atoms with Crippen LogP contribution in [-0.2, 0) is 19.1 Å². The van der Waals surface area contributed by atoms with E-state index in [0.29, 0.717) is 25.4 Å². The van der Waals surface area contributed by atoms with Gasteiger partial charge in [0, 0.05) is 12.2 Å². The summed E-state index contributed by atoms with van der Waals surface area (Å²) in [5.74, 6) is -0.452. The Morgan fingerprint density at radius 3 is 2.48 bits per heavy atom. The quantitative estimate of drug-likeness (QED) is 0.887. The average Bonchev–Trinajstić information content (AvgIpc) is 2.56. The molecule has 0 saturated carbocycles. The van der Waals surface area contributed by atoms with Gasteiger partial charge in [0.2, 0.25) is 5.91 Å². The van der Waals surface area contributed by atoms with Crippen molar-refractivity contribution in [2.45, 2.75) is 52.4 Å². The maximum absolute atomic E-state index is 12.9. The van der Waals surface area contributed by atoms with Gasteiger partial charge in [-0.05, 0) is 46.8 Å². The molecule has 1 aliphatic heterocycles. The summed E-state index contributed by atoms with van der Waals surface area (Å²) in [5.41, 5.74) is 1.12. The lowest BCUT2D eigenvalue weighted by molar-refractivity contribution is -0.200. The monoisotopic (exact) mass is 348 g/mol. The summed E-state index contributed by atoms with van der Waals surface area (Å²) in [4.78, 5) is 27.0. The smallest absolute Gasteiger partial charge is 0.255 e. The first-order valence-corrected chi connectivity index (χ1v) is 8.70. The third-order valence-electron chi connectivity index (χ3n) is 4.49. The van der Waals surface area contributed by atoms with Crippen LogP contribution in [0.4, 0.5) is 5.69 Å². The largest absolute Gasteiger partial charge is 0.370 e. The molecule has 1 aromatic carbocycles. The molecule has 0 bridgehead atoms. The van der Waals surface area contributed by atoms with Crippen molar-refractivity contribution in [3.63, 3.8) is 0 Å². The first-order chi connectivity index (χ1) is 11.8. The van der Waals surface area contributed by atoms with Crippen LogP contribution in [0.1, 0.15) is 33.3 Å². The Morgan fingerprint density at radius 1 is 1.28 bits per heavy atom. The lowest BCUT2D eigenvalue weighted by Gasteiger charge is -2.40. The van der Waals surface area contributed by atoms with Gasteiger partial charge in [0.05, 0.1) is 18.8 Å². The Labute approximate surface area is 149 Å². The molecule has 2 rings (SSSR count). The lowest BCUT2D eigenvalue weighted by atomic mass is 9.98. The molecule has 6 heteroatoms. The summed E-state index contributed by atoms with van der Waals surface area (Å²) in [6, 6.07) is 6.94. The van der Waals surface area contributed by atoms with Crippen LogP contribution >= 0.6 is 0 Å². The van der Waals surface area contributed by atoms with E-state index in [4.69, 9.17) is 9.47 Å². The number of hydrogen-bond donors (Lipinski definition) is 1. The second kappa shape index (κ2) is 7.97. The fraction of sp³-hybridized carbons (Fsp3) is 0.579. The lowest BCUT2D eigenvalue weighted by Crippen LogP contribution is -2.58. The number of carbonyl (C=O) groups is 2. The van der Waals surface area contributed by atoms with E-state index in [1.54, 1.807) is 6.92 Å². The maximum Gasteiger partial charge on any atom is 0.255 e. The number of aryl methyl sites for hydroxylation is 1. The highest BCUT2D eigenvalue weighted by Gasteiger charge is 2.43. The van der Waals surface area contributed by atoms with Gasteiger partial charge < -0.3 is 19.7 Å². The Morgan fingerprint density at radius 2 is 1.92 bits per heavy atom. The van der Waals surface area contributed by atoms with E-state index < -0.39 is 17.7 Å². The molecule has 25 heavy (non-hydrogen) atoms. The van der Waals surface area contributed by atoms with Crippen molar-refractivity contribution >= 4 is 17.5 Å². The van der Waals surface area contributed by atoms with E-state index in [0.717, 1.165) is 5.56 Å². The number of hydrogen-bond acceptors (Lipinski definition) is 4. The third kappa shape index (κ3) is 4.58. The molecule has 1 saturated heterocycles. The number of nitrogens with zero attached hydrogens (tertiary/aromatic N) is 1. The van der Waals surface area contributed by atoms with Crippen LogP contribution in [-0.4, -0.2) is 54.2 Å². The molecule has 1 heterocycles. The second-order valence-corrected chi connectivity index (χ2v) is 6.86. The number of carbonyl (C=O) groups excluding carboxylic acids is 2. The van der Waals surface area contributed by atoms with Crippen molar-refractivity contribution in [2.75, 3.05) is 25.1 Å². The molecule has 1 fully saturated rings. The van der Waals surface area contributed by atoms with Gasteiger partial charge in [0.25, 0.3) is 5.91 Å². The van der Waals surface area contributed by atoms with Crippen molar-refractivity contribution in [3.05, 3.63) is 29.8 Å².